The predicted octanol–water partition coefficient (Wildman–Crippen LogP) is 6.82. The third-order valence-electron chi connectivity index (χ3n) is 4.92. The minimum atomic E-state index is -0.571. The second kappa shape index (κ2) is 15.4. The van der Waals surface area contributed by atoms with Gasteiger partial charge in [0.1, 0.15) is 0 Å². The average Bonchev–Trinajstić information content (AvgIpc) is 2.51. The molecule has 132 valence electrons. The van der Waals surface area contributed by atoms with Crippen molar-refractivity contribution in [2.24, 2.45) is 11.8 Å². The van der Waals surface area contributed by atoms with E-state index in [0.717, 1.165) is 25.7 Å². The first kappa shape index (κ1) is 21.5. The molecule has 2 unspecified atom stereocenters. The molecule has 0 heterocycles. The molecule has 0 spiro atoms. The van der Waals surface area contributed by atoms with Gasteiger partial charge in [-0.05, 0) is 18.8 Å². The zero-order valence-corrected chi connectivity index (χ0v) is 15.4. The Morgan fingerprint density at radius 3 is 1.82 bits per heavy atom. The van der Waals surface area contributed by atoms with Crippen LogP contribution >= 0.6 is 0 Å². The lowest BCUT2D eigenvalue weighted by Gasteiger charge is -2.19. The summed E-state index contributed by atoms with van der Waals surface area (Å²) in [7, 11) is 0. The fourth-order valence-corrected chi connectivity index (χ4v) is 3.25. The van der Waals surface area contributed by atoms with Crippen molar-refractivity contribution in [3.05, 3.63) is 0 Å². The van der Waals surface area contributed by atoms with Crippen LogP contribution in [-0.4, -0.2) is 11.1 Å². The minimum absolute atomic E-state index is 0.109. The molecule has 0 saturated carbocycles. The van der Waals surface area contributed by atoms with Crippen LogP contribution in [0.15, 0.2) is 0 Å². The number of carbonyl (C=O) groups is 1. The van der Waals surface area contributed by atoms with Crippen molar-refractivity contribution in [3.8, 4) is 0 Å². The summed E-state index contributed by atoms with van der Waals surface area (Å²) in [4.78, 5) is 11.5. The van der Waals surface area contributed by atoms with E-state index in [-0.39, 0.29) is 5.92 Å². The summed E-state index contributed by atoms with van der Waals surface area (Å²) in [5, 5.41) is 9.44. The first-order chi connectivity index (χ1) is 10.7. The van der Waals surface area contributed by atoms with E-state index < -0.39 is 5.97 Å². The topological polar surface area (TPSA) is 37.3 Å². The lowest BCUT2D eigenvalue weighted by atomic mass is 9.86. The van der Waals surface area contributed by atoms with Gasteiger partial charge in [0.25, 0.3) is 0 Å². The molecule has 0 amide bonds. The summed E-state index contributed by atoms with van der Waals surface area (Å²) >= 11 is 0. The van der Waals surface area contributed by atoms with E-state index >= 15 is 0 Å². The maximum absolute atomic E-state index is 11.5. The molecule has 0 aliphatic carbocycles. The van der Waals surface area contributed by atoms with Gasteiger partial charge in [-0.15, -0.1) is 0 Å². The molecule has 0 bridgehead atoms. The van der Waals surface area contributed by atoms with Crippen LogP contribution in [0.3, 0.4) is 0 Å². The van der Waals surface area contributed by atoms with Crippen molar-refractivity contribution < 1.29 is 9.90 Å². The highest BCUT2D eigenvalue weighted by atomic mass is 16.4. The number of rotatable bonds is 16. The molecule has 0 radical (unpaired) electrons. The summed E-state index contributed by atoms with van der Waals surface area (Å²) in [5.74, 6) is -0.0742. The molecule has 0 rings (SSSR count). The number of hydrogen-bond donors (Lipinski definition) is 1. The molecule has 0 aromatic heterocycles. The van der Waals surface area contributed by atoms with Crippen molar-refractivity contribution >= 4 is 5.97 Å². The molecular formula is C20H40O2. The molecule has 2 nitrogen and oxygen atoms in total. The van der Waals surface area contributed by atoms with E-state index in [4.69, 9.17) is 0 Å². The standard InChI is InChI=1S/C20H40O2/c1-4-7-9-10-11-12-13-14-16-19(20(21)22)17-18(6-3)15-8-5-2/h18-19H,4-17H2,1-3H3,(H,21,22). The lowest BCUT2D eigenvalue weighted by molar-refractivity contribution is -0.142. The van der Waals surface area contributed by atoms with E-state index in [1.54, 1.807) is 0 Å². The number of carboxylic acids is 1. The zero-order valence-electron chi connectivity index (χ0n) is 15.4. The van der Waals surface area contributed by atoms with Crippen molar-refractivity contribution in [2.45, 2.75) is 111 Å². The maximum Gasteiger partial charge on any atom is 0.306 e. The van der Waals surface area contributed by atoms with Gasteiger partial charge in [-0.1, -0.05) is 97.8 Å². The lowest BCUT2D eigenvalue weighted by Crippen LogP contribution is -2.18. The van der Waals surface area contributed by atoms with Crippen LogP contribution in [0.2, 0.25) is 0 Å². The summed E-state index contributed by atoms with van der Waals surface area (Å²) in [6.45, 7) is 6.66. The van der Waals surface area contributed by atoms with Gasteiger partial charge in [0.2, 0.25) is 0 Å². The number of hydrogen-bond acceptors (Lipinski definition) is 1. The van der Waals surface area contributed by atoms with Crippen LogP contribution in [0.5, 0.6) is 0 Å². The Kier molecular flexibility index (Phi) is 15.0. The molecule has 0 aromatic carbocycles. The molecule has 0 aromatic rings. The highest BCUT2D eigenvalue weighted by Gasteiger charge is 2.21. The van der Waals surface area contributed by atoms with Crippen LogP contribution in [0.25, 0.3) is 0 Å². The highest BCUT2D eigenvalue weighted by Crippen LogP contribution is 2.25. The Labute approximate surface area is 139 Å². The Balaban J connectivity index is 3.82. The molecular weight excluding hydrogens is 272 g/mol. The molecule has 22 heavy (non-hydrogen) atoms. The van der Waals surface area contributed by atoms with E-state index in [0.29, 0.717) is 5.92 Å². The fourth-order valence-electron chi connectivity index (χ4n) is 3.25. The first-order valence-corrected chi connectivity index (χ1v) is 9.88. The van der Waals surface area contributed by atoms with Gasteiger partial charge < -0.3 is 5.11 Å². The second-order valence-electron chi connectivity index (χ2n) is 6.95. The predicted molar refractivity (Wildman–Crippen MR) is 96.3 cm³/mol. The van der Waals surface area contributed by atoms with Crippen LogP contribution in [-0.2, 0) is 4.79 Å². The van der Waals surface area contributed by atoms with Crippen molar-refractivity contribution in [2.75, 3.05) is 0 Å². The fraction of sp³-hybridized carbons (Fsp3) is 0.950. The van der Waals surface area contributed by atoms with Gasteiger partial charge in [0.05, 0.1) is 5.92 Å². The van der Waals surface area contributed by atoms with Crippen LogP contribution in [0, 0.1) is 11.8 Å². The minimum Gasteiger partial charge on any atom is -0.481 e. The third-order valence-corrected chi connectivity index (χ3v) is 4.92. The monoisotopic (exact) mass is 312 g/mol. The number of carboxylic acid groups (broad SMARTS) is 1. The second-order valence-corrected chi connectivity index (χ2v) is 6.95. The van der Waals surface area contributed by atoms with Gasteiger partial charge in [0.15, 0.2) is 0 Å². The number of unbranched alkanes of at least 4 members (excludes halogenated alkanes) is 8. The smallest absolute Gasteiger partial charge is 0.306 e. The molecule has 2 atom stereocenters. The first-order valence-electron chi connectivity index (χ1n) is 9.88. The van der Waals surface area contributed by atoms with Gasteiger partial charge in [0, 0.05) is 0 Å². The SMILES string of the molecule is CCCCCCCCCCC(CC(CC)CCCC)C(=O)O. The maximum atomic E-state index is 11.5. The molecule has 0 fully saturated rings. The van der Waals surface area contributed by atoms with Crippen LogP contribution in [0.4, 0.5) is 0 Å². The van der Waals surface area contributed by atoms with Gasteiger partial charge in [-0.3, -0.25) is 4.79 Å². The quantitative estimate of drug-likeness (QED) is 0.317. The molecule has 0 aliphatic rings. The van der Waals surface area contributed by atoms with Crippen LogP contribution in [0.1, 0.15) is 111 Å². The Hall–Kier alpha value is -0.530. The largest absolute Gasteiger partial charge is 0.481 e. The Morgan fingerprint density at radius 1 is 0.773 bits per heavy atom. The molecule has 1 N–H and O–H groups in total. The summed E-state index contributed by atoms with van der Waals surface area (Å²) in [5.41, 5.74) is 0. The third kappa shape index (κ3) is 12.1. The van der Waals surface area contributed by atoms with Crippen LogP contribution < -0.4 is 0 Å². The van der Waals surface area contributed by atoms with E-state index in [2.05, 4.69) is 20.8 Å². The number of aliphatic carboxylic acids is 1. The van der Waals surface area contributed by atoms with E-state index in [1.165, 1.54) is 64.2 Å². The molecule has 0 aliphatic heterocycles. The van der Waals surface area contributed by atoms with Crippen molar-refractivity contribution in [3.63, 3.8) is 0 Å². The molecule has 2 heteroatoms. The Morgan fingerprint density at radius 2 is 1.32 bits per heavy atom. The van der Waals surface area contributed by atoms with E-state index in [9.17, 15) is 9.90 Å². The molecule has 0 saturated heterocycles. The van der Waals surface area contributed by atoms with Gasteiger partial charge >= 0.3 is 5.97 Å². The normalized spacial score (nSPS) is 14.0. The van der Waals surface area contributed by atoms with E-state index in [1.807, 2.05) is 0 Å². The average molecular weight is 313 g/mol. The van der Waals surface area contributed by atoms with Crippen molar-refractivity contribution in [1.82, 2.24) is 0 Å². The highest BCUT2D eigenvalue weighted by molar-refractivity contribution is 5.69. The summed E-state index contributed by atoms with van der Waals surface area (Å²) in [6, 6.07) is 0. The Bertz CT molecular complexity index is 250. The van der Waals surface area contributed by atoms with Gasteiger partial charge in [-0.2, -0.15) is 0 Å². The zero-order chi connectivity index (χ0) is 16.6. The summed E-state index contributed by atoms with van der Waals surface area (Å²) in [6.07, 6.45) is 16.8. The van der Waals surface area contributed by atoms with Gasteiger partial charge in [-0.25, -0.2) is 0 Å². The summed E-state index contributed by atoms with van der Waals surface area (Å²) < 4.78 is 0. The van der Waals surface area contributed by atoms with Crippen molar-refractivity contribution in [1.29, 1.82) is 0 Å².